The van der Waals surface area contributed by atoms with E-state index in [1.165, 1.54) is 12.8 Å². The minimum absolute atomic E-state index is 0.343. The molecule has 0 bridgehead atoms. The van der Waals surface area contributed by atoms with E-state index in [9.17, 15) is 5.11 Å². The third-order valence-corrected chi connectivity index (χ3v) is 4.95. The molecule has 0 spiro atoms. The third kappa shape index (κ3) is 3.46. The highest BCUT2D eigenvalue weighted by molar-refractivity contribution is 4.90. The van der Waals surface area contributed by atoms with Gasteiger partial charge in [0.1, 0.15) is 0 Å². The molecule has 3 nitrogen and oxygen atoms in total. The summed E-state index contributed by atoms with van der Waals surface area (Å²) in [7, 11) is 0. The number of likely N-dealkylation sites (tertiary alicyclic amines) is 1. The molecule has 18 heavy (non-hydrogen) atoms. The zero-order chi connectivity index (χ0) is 13.3. The molecule has 3 N–H and O–H groups in total. The fourth-order valence-corrected chi connectivity index (χ4v) is 4.06. The first-order chi connectivity index (χ1) is 8.37. The molecule has 0 amide bonds. The van der Waals surface area contributed by atoms with Crippen molar-refractivity contribution in [2.24, 2.45) is 23.5 Å². The molecule has 2 rings (SSSR count). The Kier molecular flexibility index (Phi) is 4.35. The SMILES string of the molecule is CC1CC(C)C(CN2CCCC(C)(O)C2)C(N)C1. The molecule has 1 aliphatic carbocycles. The van der Waals surface area contributed by atoms with Gasteiger partial charge in [-0.15, -0.1) is 0 Å². The molecular formula is C15H30N2O. The van der Waals surface area contributed by atoms with Crippen LogP contribution in [-0.4, -0.2) is 41.3 Å². The van der Waals surface area contributed by atoms with Crippen molar-refractivity contribution >= 4 is 0 Å². The molecule has 1 heterocycles. The van der Waals surface area contributed by atoms with Crippen molar-refractivity contribution in [3.8, 4) is 0 Å². The van der Waals surface area contributed by atoms with Gasteiger partial charge in [-0.05, 0) is 56.9 Å². The maximum atomic E-state index is 10.2. The predicted molar refractivity (Wildman–Crippen MR) is 75.3 cm³/mol. The normalized spacial score (nSPS) is 47.2. The quantitative estimate of drug-likeness (QED) is 0.790. The first-order valence-electron chi connectivity index (χ1n) is 7.58. The Labute approximate surface area is 112 Å². The van der Waals surface area contributed by atoms with Gasteiger partial charge in [0.15, 0.2) is 0 Å². The third-order valence-electron chi connectivity index (χ3n) is 4.95. The number of hydrogen-bond donors (Lipinski definition) is 2. The fourth-order valence-electron chi connectivity index (χ4n) is 4.06. The number of piperidine rings is 1. The van der Waals surface area contributed by atoms with E-state index in [1.54, 1.807) is 0 Å². The highest BCUT2D eigenvalue weighted by Crippen LogP contribution is 2.34. The van der Waals surface area contributed by atoms with Crippen LogP contribution in [0.3, 0.4) is 0 Å². The Hall–Kier alpha value is -0.120. The van der Waals surface area contributed by atoms with Crippen LogP contribution in [-0.2, 0) is 0 Å². The average molecular weight is 254 g/mol. The lowest BCUT2D eigenvalue weighted by Gasteiger charge is -2.43. The van der Waals surface area contributed by atoms with Crippen molar-refractivity contribution in [3.63, 3.8) is 0 Å². The second-order valence-electron chi connectivity index (χ2n) is 7.22. The van der Waals surface area contributed by atoms with Crippen LogP contribution in [0.5, 0.6) is 0 Å². The van der Waals surface area contributed by atoms with E-state index < -0.39 is 5.60 Å². The summed E-state index contributed by atoms with van der Waals surface area (Å²) in [6, 6.07) is 0.343. The lowest BCUT2D eigenvalue weighted by molar-refractivity contribution is -0.0268. The van der Waals surface area contributed by atoms with E-state index in [2.05, 4.69) is 18.7 Å². The highest BCUT2D eigenvalue weighted by Gasteiger charge is 2.35. The summed E-state index contributed by atoms with van der Waals surface area (Å²) in [5, 5.41) is 10.2. The van der Waals surface area contributed by atoms with Crippen LogP contribution >= 0.6 is 0 Å². The molecule has 2 fully saturated rings. The van der Waals surface area contributed by atoms with Gasteiger partial charge in [0.25, 0.3) is 0 Å². The van der Waals surface area contributed by atoms with E-state index >= 15 is 0 Å². The first kappa shape index (κ1) is 14.3. The molecule has 3 heteroatoms. The Morgan fingerprint density at radius 3 is 2.67 bits per heavy atom. The monoisotopic (exact) mass is 254 g/mol. The van der Waals surface area contributed by atoms with Crippen molar-refractivity contribution in [1.82, 2.24) is 4.90 Å². The second kappa shape index (κ2) is 5.48. The topological polar surface area (TPSA) is 49.5 Å². The molecule has 0 aromatic heterocycles. The van der Waals surface area contributed by atoms with Gasteiger partial charge in [-0.25, -0.2) is 0 Å². The van der Waals surface area contributed by atoms with Gasteiger partial charge in [0, 0.05) is 19.1 Å². The number of β-amino-alcohol motifs (C(OH)–C–C–N with tert-alkyl or cyclic N) is 1. The van der Waals surface area contributed by atoms with Gasteiger partial charge in [-0.2, -0.15) is 0 Å². The average Bonchev–Trinajstić information content (AvgIpc) is 2.22. The van der Waals surface area contributed by atoms with Crippen molar-refractivity contribution in [1.29, 1.82) is 0 Å². The lowest BCUT2D eigenvalue weighted by atomic mass is 9.72. The zero-order valence-electron chi connectivity index (χ0n) is 12.2. The number of nitrogens with zero attached hydrogens (tertiary/aromatic N) is 1. The minimum atomic E-state index is -0.493. The zero-order valence-corrected chi connectivity index (χ0v) is 12.2. The lowest BCUT2D eigenvalue weighted by Crippen LogP contribution is -2.52. The Morgan fingerprint density at radius 2 is 2.06 bits per heavy atom. The summed E-state index contributed by atoms with van der Waals surface area (Å²) in [5.41, 5.74) is 5.86. The van der Waals surface area contributed by atoms with Crippen molar-refractivity contribution in [3.05, 3.63) is 0 Å². The molecule has 0 aromatic carbocycles. The van der Waals surface area contributed by atoms with E-state index in [0.717, 1.165) is 44.3 Å². The molecule has 5 atom stereocenters. The van der Waals surface area contributed by atoms with Crippen molar-refractivity contribution < 1.29 is 5.11 Å². The van der Waals surface area contributed by atoms with Crippen LogP contribution in [0.15, 0.2) is 0 Å². The predicted octanol–water partition coefficient (Wildman–Crippen LogP) is 1.84. The van der Waals surface area contributed by atoms with E-state index in [0.29, 0.717) is 12.0 Å². The molecular weight excluding hydrogens is 224 g/mol. The molecule has 0 radical (unpaired) electrons. The molecule has 1 aliphatic heterocycles. The minimum Gasteiger partial charge on any atom is -0.389 e. The largest absolute Gasteiger partial charge is 0.389 e. The van der Waals surface area contributed by atoms with Crippen LogP contribution in [0.25, 0.3) is 0 Å². The smallest absolute Gasteiger partial charge is 0.0746 e. The van der Waals surface area contributed by atoms with Gasteiger partial charge in [0.2, 0.25) is 0 Å². The maximum absolute atomic E-state index is 10.2. The number of hydrogen-bond acceptors (Lipinski definition) is 3. The van der Waals surface area contributed by atoms with E-state index in [-0.39, 0.29) is 0 Å². The van der Waals surface area contributed by atoms with Crippen LogP contribution in [0, 0.1) is 17.8 Å². The van der Waals surface area contributed by atoms with Crippen LogP contribution in [0.2, 0.25) is 0 Å². The molecule has 5 unspecified atom stereocenters. The summed E-state index contributed by atoms with van der Waals surface area (Å²) in [5.74, 6) is 2.10. The number of aliphatic hydroxyl groups is 1. The van der Waals surface area contributed by atoms with Gasteiger partial charge in [0.05, 0.1) is 5.60 Å². The van der Waals surface area contributed by atoms with Crippen LogP contribution in [0.1, 0.15) is 46.5 Å². The maximum Gasteiger partial charge on any atom is 0.0746 e. The highest BCUT2D eigenvalue weighted by atomic mass is 16.3. The Morgan fingerprint density at radius 1 is 1.33 bits per heavy atom. The van der Waals surface area contributed by atoms with Gasteiger partial charge in [-0.3, -0.25) is 0 Å². The number of nitrogens with two attached hydrogens (primary N) is 1. The fraction of sp³-hybridized carbons (Fsp3) is 1.00. The van der Waals surface area contributed by atoms with Crippen LogP contribution < -0.4 is 5.73 Å². The van der Waals surface area contributed by atoms with Crippen LogP contribution in [0.4, 0.5) is 0 Å². The Balaban J connectivity index is 1.92. The van der Waals surface area contributed by atoms with Gasteiger partial charge < -0.3 is 15.7 Å². The van der Waals surface area contributed by atoms with Gasteiger partial charge >= 0.3 is 0 Å². The van der Waals surface area contributed by atoms with Crippen molar-refractivity contribution in [2.75, 3.05) is 19.6 Å². The molecule has 1 saturated carbocycles. The standard InChI is InChI=1S/C15H30N2O/c1-11-7-12(2)13(14(16)8-11)9-17-6-4-5-15(3,18)10-17/h11-14,18H,4-10,16H2,1-3H3. The summed E-state index contributed by atoms with van der Waals surface area (Å²) < 4.78 is 0. The summed E-state index contributed by atoms with van der Waals surface area (Å²) >= 11 is 0. The molecule has 0 aromatic rings. The molecule has 106 valence electrons. The summed E-state index contributed by atoms with van der Waals surface area (Å²) in [6.07, 6.45) is 4.52. The second-order valence-corrected chi connectivity index (χ2v) is 7.22. The van der Waals surface area contributed by atoms with Gasteiger partial charge in [-0.1, -0.05) is 13.8 Å². The van der Waals surface area contributed by atoms with E-state index in [4.69, 9.17) is 5.73 Å². The molecule has 1 saturated heterocycles. The van der Waals surface area contributed by atoms with Crippen molar-refractivity contribution in [2.45, 2.75) is 58.1 Å². The first-order valence-corrected chi connectivity index (χ1v) is 7.58. The molecule has 2 aliphatic rings. The number of rotatable bonds is 2. The summed E-state index contributed by atoms with van der Waals surface area (Å²) in [6.45, 7) is 9.65. The Bertz CT molecular complexity index is 268. The summed E-state index contributed by atoms with van der Waals surface area (Å²) in [4.78, 5) is 2.43. The van der Waals surface area contributed by atoms with E-state index in [1.807, 2.05) is 6.92 Å².